The lowest BCUT2D eigenvalue weighted by Crippen LogP contribution is -2.28. The van der Waals surface area contributed by atoms with Crippen LogP contribution in [-0.2, 0) is 6.54 Å². The van der Waals surface area contributed by atoms with Gasteiger partial charge in [-0.3, -0.25) is 4.90 Å². The Kier molecular flexibility index (Phi) is 4.91. The summed E-state index contributed by atoms with van der Waals surface area (Å²) in [7, 11) is 2.22. The van der Waals surface area contributed by atoms with Crippen molar-refractivity contribution in [3.63, 3.8) is 0 Å². The van der Waals surface area contributed by atoms with E-state index < -0.39 is 0 Å². The molecule has 0 spiro atoms. The molecule has 0 saturated carbocycles. The zero-order valence-electron chi connectivity index (χ0n) is 13.8. The Morgan fingerprint density at radius 2 is 1.41 bits per heavy atom. The van der Waals surface area contributed by atoms with E-state index in [0.29, 0.717) is 0 Å². The van der Waals surface area contributed by atoms with E-state index >= 15 is 0 Å². The van der Waals surface area contributed by atoms with Crippen molar-refractivity contribution in [1.82, 2.24) is 9.80 Å². The van der Waals surface area contributed by atoms with Crippen LogP contribution in [0.5, 0.6) is 0 Å². The predicted octanol–water partition coefficient (Wildman–Crippen LogP) is 3.80. The van der Waals surface area contributed by atoms with Gasteiger partial charge in [-0.05, 0) is 50.2 Å². The van der Waals surface area contributed by atoms with Gasteiger partial charge < -0.3 is 4.90 Å². The molecule has 0 aromatic heterocycles. The average molecular weight is 294 g/mol. The van der Waals surface area contributed by atoms with Crippen LogP contribution in [0.2, 0.25) is 0 Å². The van der Waals surface area contributed by atoms with E-state index in [1.807, 2.05) is 0 Å². The van der Waals surface area contributed by atoms with Crippen molar-refractivity contribution in [2.45, 2.75) is 19.9 Å². The Morgan fingerprint density at radius 1 is 0.773 bits per heavy atom. The number of rotatable bonds is 3. The van der Waals surface area contributed by atoms with Gasteiger partial charge in [-0.1, -0.05) is 54.1 Å². The normalized spacial score (nSPS) is 17.4. The lowest BCUT2D eigenvalue weighted by Gasteiger charge is -2.20. The summed E-state index contributed by atoms with van der Waals surface area (Å²) in [4.78, 5) is 5.00. The van der Waals surface area contributed by atoms with Crippen LogP contribution in [-0.4, -0.2) is 43.0 Å². The highest BCUT2D eigenvalue weighted by molar-refractivity contribution is 5.63. The molecule has 0 bridgehead atoms. The van der Waals surface area contributed by atoms with Crippen molar-refractivity contribution in [2.75, 3.05) is 33.2 Å². The van der Waals surface area contributed by atoms with E-state index in [9.17, 15) is 0 Å². The maximum absolute atomic E-state index is 2.57. The van der Waals surface area contributed by atoms with Crippen LogP contribution in [0.1, 0.15) is 17.5 Å². The molecule has 0 radical (unpaired) electrons. The fourth-order valence-corrected chi connectivity index (χ4v) is 3.06. The van der Waals surface area contributed by atoms with Crippen molar-refractivity contribution < 1.29 is 0 Å². The molecular formula is C20H26N2. The van der Waals surface area contributed by atoms with E-state index in [1.54, 1.807) is 0 Å². The second-order valence-electron chi connectivity index (χ2n) is 6.50. The van der Waals surface area contributed by atoms with Crippen LogP contribution in [0, 0.1) is 6.92 Å². The minimum absolute atomic E-state index is 1.07. The Bertz CT molecular complexity index is 586. The summed E-state index contributed by atoms with van der Waals surface area (Å²) in [5.41, 5.74) is 5.33. The minimum Gasteiger partial charge on any atom is -0.305 e. The topological polar surface area (TPSA) is 6.48 Å². The Balaban J connectivity index is 1.65. The first-order chi connectivity index (χ1) is 10.7. The molecule has 1 fully saturated rings. The van der Waals surface area contributed by atoms with Crippen LogP contribution in [0.3, 0.4) is 0 Å². The second-order valence-corrected chi connectivity index (χ2v) is 6.50. The smallest absolute Gasteiger partial charge is 0.0234 e. The van der Waals surface area contributed by atoms with Crippen LogP contribution in [0.25, 0.3) is 11.1 Å². The monoisotopic (exact) mass is 294 g/mol. The number of likely N-dealkylation sites (N-methyl/N-ethyl adjacent to an activating group) is 1. The molecular weight excluding hydrogens is 268 g/mol. The van der Waals surface area contributed by atoms with Gasteiger partial charge in [0.25, 0.3) is 0 Å². The molecule has 2 aromatic rings. The van der Waals surface area contributed by atoms with E-state index in [1.165, 1.54) is 54.9 Å². The van der Waals surface area contributed by atoms with Crippen molar-refractivity contribution in [3.05, 3.63) is 59.7 Å². The molecule has 0 amide bonds. The van der Waals surface area contributed by atoms with E-state index in [0.717, 1.165) is 6.54 Å². The summed E-state index contributed by atoms with van der Waals surface area (Å²) >= 11 is 0. The molecule has 1 aliphatic rings. The van der Waals surface area contributed by atoms with Gasteiger partial charge in [0.1, 0.15) is 0 Å². The fourth-order valence-electron chi connectivity index (χ4n) is 3.06. The summed E-state index contributed by atoms with van der Waals surface area (Å²) in [6.07, 6.45) is 1.28. The van der Waals surface area contributed by atoms with Gasteiger partial charge in [0.15, 0.2) is 0 Å². The molecule has 2 nitrogen and oxygen atoms in total. The third kappa shape index (κ3) is 3.96. The first-order valence-corrected chi connectivity index (χ1v) is 8.27. The molecule has 0 atom stereocenters. The van der Waals surface area contributed by atoms with Gasteiger partial charge in [-0.25, -0.2) is 0 Å². The SMILES string of the molecule is Cc1ccc(-c2ccc(CN3CCCN(C)CC3)cc2)cc1. The average Bonchev–Trinajstić information content (AvgIpc) is 2.74. The molecule has 1 saturated heterocycles. The maximum Gasteiger partial charge on any atom is 0.0234 e. The predicted molar refractivity (Wildman–Crippen MR) is 94.0 cm³/mol. The zero-order chi connectivity index (χ0) is 15.4. The molecule has 0 N–H and O–H groups in total. The lowest BCUT2D eigenvalue weighted by molar-refractivity contribution is 0.269. The van der Waals surface area contributed by atoms with Gasteiger partial charge in [-0.2, -0.15) is 0 Å². The number of nitrogens with zero attached hydrogens (tertiary/aromatic N) is 2. The van der Waals surface area contributed by atoms with E-state index in [4.69, 9.17) is 0 Å². The number of benzene rings is 2. The summed E-state index contributed by atoms with van der Waals surface area (Å²) < 4.78 is 0. The van der Waals surface area contributed by atoms with Crippen molar-refractivity contribution in [2.24, 2.45) is 0 Å². The first-order valence-electron chi connectivity index (χ1n) is 8.27. The summed E-state index contributed by atoms with van der Waals surface area (Å²) in [5.74, 6) is 0. The Morgan fingerprint density at radius 3 is 2.09 bits per heavy atom. The van der Waals surface area contributed by atoms with E-state index in [-0.39, 0.29) is 0 Å². The largest absolute Gasteiger partial charge is 0.305 e. The number of hydrogen-bond donors (Lipinski definition) is 0. The molecule has 116 valence electrons. The highest BCUT2D eigenvalue weighted by Crippen LogP contribution is 2.21. The molecule has 0 unspecified atom stereocenters. The van der Waals surface area contributed by atoms with Crippen molar-refractivity contribution in [1.29, 1.82) is 0 Å². The number of aryl methyl sites for hydroxylation is 1. The highest BCUT2D eigenvalue weighted by atomic mass is 15.2. The summed E-state index contributed by atoms with van der Waals surface area (Å²) in [6, 6.07) is 17.8. The standard InChI is InChI=1S/C20H26N2/c1-17-4-8-19(9-5-17)20-10-6-18(7-11-20)16-22-13-3-12-21(2)14-15-22/h4-11H,3,12-16H2,1-2H3. The van der Waals surface area contributed by atoms with Crippen LogP contribution in [0.4, 0.5) is 0 Å². The molecule has 0 aliphatic carbocycles. The zero-order valence-corrected chi connectivity index (χ0v) is 13.8. The molecule has 1 heterocycles. The minimum atomic E-state index is 1.07. The highest BCUT2D eigenvalue weighted by Gasteiger charge is 2.12. The first kappa shape index (κ1) is 15.3. The molecule has 2 heteroatoms. The molecule has 22 heavy (non-hydrogen) atoms. The van der Waals surface area contributed by atoms with Gasteiger partial charge >= 0.3 is 0 Å². The van der Waals surface area contributed by atoms with Gasteiger partial charge in [0.2, 0.25) is 0 Å². The van der Waals surface area contributed by atoms with Gasteiger partial charge in [0, 0.05) is 19.6 Å². The van der Waals surface area contributed by atoms with Crippen LogP contribution < -0.4 is 0 Å². The Hall–Kier alpha value is -1.64. The third-order valence-electron chi connectivity index (χ3n) is 4.56. The third-order valence-corrected chi connectivity index (χ3v) is 4.56. The van der Waals surface area contributed by atoms with Crippen molar-refractivity contribution >= 4 is 0 Å². The van der Waals surface area contributed by atoms with Gasteiger partial charge in [-0.15, -0.1) is 0 Å². The van der Waals surface area contributed by atoms with E-state index in [2.05, 4.69) is 72.3 Å². The summed E-state index contributed by atoms with van der Waals surface area (Å²) in [6.45, 7) is 8.00. The molecule has 1 aliphatic heterocycles. The maximum atomic E-state index is 2.57. The number of hydrogen-bond acceptors (Lipinski definition) is 2. The lowest BCUT2D eigenvalue weighted by atomic mass is 10.0. The molecule has 2 aromatic carbocycles. The Labute approximate surface area is 134 Å². The quantitative estimate of drug-likeness (QED) is 0.849. The van der Waals surface area contributed by atoms with Crippen LogP contribution >= 0.6 is 0 Å². The van der Waals surface area contributed by atoms with Gasteiger partial charge in [0.05, 0.1) is 0 Å². The van der Waals surface area contributed by atoms with Crippen molar-refractivity contribution in [3.8, 4) is 11.1 Å². The fraction of sp³-hybridized carbons (Fsp3) is 0.400. The summed E-state index contributed by atoms with van der Waals surface area (Å²) in [5, 5.41) is 0. The second kappa shape index (κ2) is 7.08. The van der Waals surface area contributed by atoms with Crippen LogP contribution in [0.15, 0.2) is 48.5 Å². The molecule has 3 rings (SSSR count).